The highest BCUT2D eigenvalue weighted by atomic mass is 32.2. The van der Waals surface area contributed by atoms with Crippen molar-refractivity contribution in [2.75, 3.05) is 23.4 Å². The number of anilines is 1. The Hall–Kier alpha value is -1.44. The quantitative estimate of drug-likeness (QED) is 0.876. The Bertz CT molecular complexity index is 497. The minimum Gasteiger partial charge on any atom is -0.406 e. The summed E-state index contributed by atoms with van der Waals surface area (Å²) in [6.07, 6.45) is -4.72. The first-order valence-corrected chi connectivity index (χ1v) is 7.34. The topological polar surface area (TPSA) is 55.4 Å². The maximum Gasteiger partial charge on any atom is 0.573 e. The van der Waals surface area contributed by atoms with E-state index < -0.39 is 16.2 Å². The molecule has 1 N–H and O–H groups in total. The van der Waals surface area contributed by atoms with Crippen LogP contribution in [0.3, 0.4) is 0 Å². The molecule has 0 unspecified atom stereocenters. The molecule has 0 heterocycles. The normalized spacial score (nSPS) is 12.2. The van der Waals surface area contributed by atoms with Gasteiger partial charge in [-0.3, -0.25) is 0 Å². The van der Waals surface area contributed by atoms with E-state index in [1.807, 2.05) is 0 Å². The lowest BCUT2D eigenvalue weighted by atomic mass is 10.3. The van der Waals surface area contributed by atoms with Crippen molar-refractivity contribution in [3.63, 3.8) is 0 Å². The van der Waals surface area contributed by atoms with Crippen molar-refractivity contribution in [2.24, 2.45) is 0 Å². The molecule has 0 aliphatic carbocycles. The van der Waals surface area contributed by atoms with Crippen molar-refractivity contribution in [1.29, 1.82) is 0 Å². The van der Waals surface area contributed by atoms with Crippen LogP contribution in [0.5, 0.6) is 5.75 Å². The van der Waals surface area contributed by atoms with Crippen LogP contribution in [-0.2, 0) is 9.84 Å². The summed E-state index contributed by atoms with van der Waals surface area (Å²) in [7, 11) is -3.06. The van der Waals surface area contributed by atoms with E-state index in [2.05, 4.69) is 10.1 Å². The summed E-state index contributed by atoms with van der Waals surface area (Å²) >= 11 is 0. The predicted molar refractivity (Wildman–Crippen MR) is 65.9 cm³/mol. The maximum absolute atomic E-state index is 11.9. The second-order valence-electron chi connectivity index (χ2n) is 3.74. The van der Waals surface area contributed by atoms with Gasteiger partial charge in [0, 0.05) is 18.0 Å². The fraction of sp³-hybridized carbons (Fsp3) is 0.455. The van der Waals surface area contributed by atoms with E-state index >= 15 is 0 Å². The van der Waals surface area contributed by atoms with E-state index in [1.54, 1.807) is 6.92 Å². The predicted octanol–water partition coefficient (Wildman–Crippen LogP) is 2.43. The number of hydrogen-bond donors (Lipinski definition) is 1. The van der Waals surface area contributed by atoms with Crippen LogP contribution in [0, 0.1) is 0 Å². The molecule has 0 atom stereocenters. The Morgan fingerprint density at radius 2 is 1.79 bits per heavy atom. The van der Waals surface area contributed by atoms with Gasteiger partial charge >= 0.3 is 6.36 Å². The summed E-state index contributed by atoms with van der Waals surface area (Å²) in [5.41, 5.74) is 0.529. The fourth-order valence-electron chi connectivity index (χ4n) is 1.27. The lowest BCUT2D eigenvalue weighted by Crippen LogP contribution is -2.18. The summed E-state index contributed by atoms with van der Waals surface area (Å²) in [6.45, 7) is 1.76. The monoisotopic (exact) mass is 297 g/mol. The molecule has 0 spiro atoms. The Balaban J connectivity index is 2.49. The van der Waals surface area contributed by atoms with E-state index in [0.29, 0.717) is 5.69 Å². The average molecular weight is 297 g/mol. The molecule has 0 radical (unpaired) electrons. The van der Waals surface area contributed by atoms with Gasteiger partial charge in [-0.25, -0.2) is 8.42 Å². The molecule has 1 rings (SSSR count). The highest BCUT2D eigenvalue weighted by Crippen LogP contribution is 2.23. The van der Waals surface area contributed by atoms with Crippen molar-refractivity contribution in [3.8, 4) is 5.75 Å². The van der Waals surface area contributed by atoms with Crippen LogP contribution >= 0.6 is 0 Å². The third-order valence-electron chi connectivity index (χ3n) is 2.27. The molecule has 0 aliphatic heterocycles. The van der Waals surface area contributed by atoms with E-state index in [0.717, 1.165) is 12.1 Å². The first-order valence-electron chi connectivity index (χ1n) is 5.52. The van der Waals surface area contributed by atoms with Gasteiger partial charge in [0.2, 0.25) is 0 Å². The average Bonchev–Trinajstić information content (AvgIpc) is 2.29. The molecule has 108 valence electrons. The van der Waals surface area contributed by atoms with Gasteiger partial charge in [0.25, 0.3) is 0 Å². The second kappa shape index (κ2) is 6.14. The molecule has 4 nitrogen and oxygen atoms in total. The van der Waals surface area contributed by atoms with Crippen LogP contribution in [0.15, 0.2) is 24.3 Å². The van der Waals surface area contributed by atoms with Crippen LogP contribution in [0.4, 0.5) is 18.9 Å². The molecule has 1 aromatic rings. The van der Waals surface area contributed by atoms with Crippen molar-refractivity contribution < 1.29 is 26.3 Å². The lowest BCUT2D eigenvalue weighted by molar-refractivity contribution is -0.274. The summed E-state index contributed by atoms with van der Waals surface area (Å²) in [6, 6.07) is 5.09. The van der Waals surface area contributed by atoms with Crippen LogP contribution in [-0.4, -0.2) is 32.8 Å². The first kappa shape index (κ1) is 15.6. The molecule has 19 heavy (non-hydrogen) atoms. The smallest absolute Gasteiger partial charge is 0.406 e. The Morgan fingerprint density at radius 1 is 1.21 bits per heavy atom. The highest BCUT2D eigenvalue weighted by Gasteiger charge is 2.30. The summed E-state index contributed by atoms with van der Waals surface area (Å²) in [5, 5.41) is 2.81. The molecule has 0 saturated carbocycles. The first-order chi connectivity index (χ1) is 8.72. The van der Waals surface area contributed by atoms with Gasteiger partial charge in [0.1, 0.15) is 5.75 Å². The number of halogens is 3. The van der Waals surface area contributed by atoms with Crippen LogP contribution in [0.2, 0.25) is 0 Å². The zero-order chi connectivity index (χ0) is 14.5. The van der Waals surface area contributed by atoms with E-state index in [4.69, 9.17) is 0 Å². The molecular formula is C11H14F3NO3S. The zero-order valence-corrected chi connectivity index (χ0v) is 11.0. The molecule has 0 aromatic heterocycles. The highest BCUT2D eigenvalue weighted by molar-refractivity contribution is 7.91. The molecule has 0 saturated heterocycles. The van der Waals surface area contributed by atoms with Gasteiger partial charge in [-0.05, 0) is 24.3 Å². The second-order valence-corrected chi connectivity index (χ2v) is 6.21. The van der Waals surface area contributed by atoms with Crippen molar-refractivity contribution in [1.82, 2.24) is 0 Å². The van der Waals surface area contributed by atoms with Gasteiger partial charge in [-0.2, -0.15) is 0 Å². The number of rotatable bonds is 6. The molecule has 1 aromatic carbocycles. The molecule has 0 aliphatic rings. The van der Waals surface area contributed by atoms with Gasteiger partial charge in [-0.15, -0.1) is 13.2 Å². The van der Waals surface area contributed by atoms with Crippen LogP contribution in [0.1, 0.15) is 6.92 Å². The number of benzene rings is 1. The largest absolute Gasteiger partial charge is 0.573 e. The zero-order valence-electron chi connectivity index (χ0n) is 10.2. The Kier molecular flexibility index (Phi) is 5.04. The lowest BCUT2D eigenvalue weighted by Gasteiger charge is -2.10. The fourth-order valence-corrected chi connectivity index (χ4v) is 1.97. The molecule has 8 heteroatoms. The van der Waals surface area contributed by atoms with Crippen molar-refractivity contribution in [3.05, 3.63) is 24.3 Å². The third-order valence-corrected chi connectivity index (χ3v) is 3.98. The standard InChI is InChI=1S/C11H14F3NO3S/c1-2-19(16,17)8-7-15-9-3-5-10(6-4-9)18-11(12,13)14/h3-6,15H,2,7-8H2,1H3. The van der Waals surface area contributed by atoms with Crippen LogP contribution in [0.25, 0.3) is 0 Å². The molecular weight excluding hydrogens is 283 g/mol. The molecule has 0 amide bonds. The Labute approximate surface area is 109 Å². The minimum atomic E-state index is -4.72. The van der Waals surface area contributed by atoms with E-state index in [1.165, 1.54) is 12.1 Å². The van der Waals surface area contributed by atoms with E-state index in [-0.39, 0.29) is 23.8 Å². The molecule has 0 fully saturated rings. The summed E-state index contributed by atoms with van der Waals surface area (Å²) in [5.74, 6) is -0.281. The number of sulfone groups is 1. The Morgan fingerprint density at radius 3 is 2.26 bits per heavy atom. The van der Waals surface area contributed by atoms with Gasteiger partial charge in [0.05, 0.1) is 5.75 Å². The number of nitrogens with one attached hydrogen (secondary N) is 1. The van der Waals surface area contributed by atoms with Gasteiger partial charge in [-0.1, -0.05) is 6.92 Å². The van der Waals surface area contributed by atoms with Crippen LogP contribution < -0.4 is 10.1 Å². The SMILES string of the molecule is CCS(=O)(=O)CCNc1ccc(OC(F)(F)F)cc1. The van der Waals surface area contributed by atoms with Gasteiger partial charge in [0.15, 0.2) is 9.84 Å². The number of hydrogen-bond acceptors (Lipinski definition) is 4. The number of ether oxygens (including phenoxy) is 1. The summed E-state index contributed by atoms with van der Waals surface area (Å²) < 4.78 is 61.9. The van der Waals surface area contributed by atoms with Crippen molar-refractivity contribution >= 4 is 15.5 Å². The van der Waals surface area contributed by atoms with Gasteiger partial charge < -0.3 is 10.1 Å². The third kappa shape index (κ3) is 6.32. The minimum absolute atomic E-state index is 0.0235. The molecule has 0 bridgehead atoms. The number of alkyl halides is 3. The van der Waals surface area contributed by atoms with E-state index in [9.17, 15) is 21.6 Å². The summed E-state index contributed by atoms with van der Waals surface area (Å²) in [4.78, 5) is 0. The van der Waals surface area contributed by atoms with Crippen molar-refractivity contribution in [2.45, 2.75) is 13.3 Å². The maximum atomic E-state index is 11.9.